The zero-order valence-corrected chi connectivity index (χ0v) is 20.9. The van der Waals surface area contributed by atoms with Gasteiger partial charge in [-0.2, -0.15) is 0 Å². The highest BCUT2D eigenvalue weighted by atomic mass is 16.6. The summed E-state index contributed by atoms with van der Waals surface area (Å²) in [6, 6.07) is 12.3. The minimum absolute atomic E-state index is 0.0553. The molecule has 0 aromatic heterocycles. The van der Waals surface area contributed by atoms with Crippen LogP contribution in [-0.4, -0.2) is 60.8 Å². The number of hydrogen-bond acceptors (Lipinski definition) is 6. The average molecular weight is 505 g/mol. The fourth-order valence-electron chi connectivity index (χ4n) is 4.56. The van der Waals surface area contributed by atoms with Gasteiger partial charge in [0, 0.05) is 11.1 Å². The van der Waals surface area contributed by atoms with Crippen molar-refractivity contribution in [2.24, 2.45) is 0 Å². The van der Waals surface area contributed by atoms with E-state index in [0.29, 0.717) is 60.2 Å². The van der Waals surface area contributed by atoms with Gasteiger partial charge in [0.2, 0.25) is 0 Å². The van der Waals surface area contributed by atoms with E-state index in [4.69, 9.17) is 18.9 Å². The molecule has 0 bridgehead atoms. The second kappa shape index (κ2) is 9.88. The van der Waals surface area contributed by atoms with Crippen LogP contribution in [0.1, 0.15) is 37.4 Å². The lowest BCUT2D eigenvalue weighted by molar-refractivity contribution is 0.0685. The van der Waals surface area contributed by atoms with Crippen LogP contribution in [0.5, 0.6) is 11.5 Å². The molecule has 0 saturated carbocycles. The SMILES string of the molecule is Cc1cc(-c2c(OCC3CO3)ccc(C(=O)O)c2C)ccc1-c1c(OCC2CO2)ccc(C(=O)O)c1C. The first-order chi connectivity index (χ1) is 17.7. The Bertz CT molecular complexity index is 1390. The summed E-state index contributed by atoms with van der Waals surface area (Å²) < 4.78 is 22.6. The van der Waals surface area contributed by atoms with Crippen LogP contribution in [0, 0.1) is 20.8 Å². The van der Waals surface area contributed by atoms with Crippen molar-refractivity contribution in [2.75, 3.05) is 26.4 Å². The third kappa shape index (κ3) is 5.16. The highest BCUT2D eigenvalue weighted by Gasteiger charge is 2.27. The largest absolute Gasteiger partial charge is 0.490 e. The standard InChI is InChI=1S/C29H28O8/c1-15-10-18(26-16(2)22(28(30)31)6-8-24(26)36-13-19-11-34-19)4-5-21(15)27-17(3)23(29(32)33)7-9-25(27)37-14-20-12-35-20/h4-10,19-20H,11-14H2,1-3H3,(H,30,31)(H,32,33). The minimum atomic E-state index is -1.01. The molecule has 8 nitrogen and oxygen atoms in total. The summed E-state index contributed by atoms with van der Waals surface area (Å²) in [4.78, 5) is 23.7. The van der Waals surface area contributed by atoms with Crippen molar-refractivity contribution in [2.45, 2.75) is 33.0 Å². The Labute approximate surface area is 214 Å². The van der Waals surface area contributed by atoms with Crippen LogP contribution >= 0.6 is 0 Å². The first-order valence-electron chi connectivity index (χ1n) is 12.1. The quantitative estimate of drug-likeness (QED) is 0.375. The fourth-order valence-corrected chi connectivity index (χ4v) is 4.56. The molecule has 3 aromatic carbocycles. The van der Waals surface area contributed by atoms with Gasteiger partial charge < -0.3 is 29.2 Å². The molecule has 2 aliphatic rings. The van der Waals surface area contributed by atoms with Crippen LogP contribution in [0.4, 0.5) is 0 Å². The molecule has 8 heteroatoms. The summed E-state index contributed by atoms with van der Waals surface area (Å²) in [5.41, 5.74) is 5.54. The Hall–Kier alpha value is -3.88. The minimum Gasteiger partial charge on any atom is -0.490 e. The monoisotopic (exact) mass is 504 g/mol. The number of carboxylic acid groups (broad SMARTS) is 2. The van der Waals surface area contributed by atoms with Gasteiger partial charge in [-0.3, -0.25) is 0 Å². The first-order valence-corrected chi connectivity index (χ1v) is 12.1. The van der Waals surface area contributed by atoms with E-state index in [1.165, 1.54) is 0 Å². The smallest absolute Gasteiger partial charge is 0.335 e. The molecular weight excluding hydrogens is 476 g/mol. The molecular formula is C29H28O8. The summed E-state index contributed by atoms with van der Waals surface area (Å²) in [5.74, 6) is -0.839. The zero-order valence-electron chi connectivity index (χ0n) is 20.9. The van der Waals surface area contributed by atoms with Crippen LogP contribution in [0.3, 0.4) is 0 Å². The Morgan fingerprint density at radius 1 is 0.784 bits per heavy atom. The molecule has 0 spiro atoms. The van der Waals surface area contributed by atoms with E-state index in [1.807, 2.05) is 25.1 Å². The molecule has 0 amide bonds. The van der Waals surface area contributed by atoms with Crippen molar-refractivity contribution in [3.8, 4) is 33.8 Å². The van der Waals surface area contributed by atoms with E-state index in [0.717, 1.165) is 16.7 Å². The highest BCUT2D eigenvalue weighted by Crippen LogP contribution is 2.41. The van der Waals surface area contributed by atoms with Gasteiger partial charge in [0.1, 0.15) is 36.9 Å². The van der Waals surface area contributed by atoms with E-state index in [-0.39, 0.29) is 23.3 Å². The van der Waals surface area contributed by atoms with E-state index >= 15 is 0 Å². The molecule has 2 atom stereocenters. The summed E-state index contributed by atoms with van der Waals surface area (Å²) in [6.45, 7) is 7.58. The number of carbonyl (C=O) groups is 2. The first kappa shape index (κ1) is 24.8. The van der Waals surface area contributed by atoms with Crippen molar-refractivity contribution in [3.63, 3.8) is 0 Å². The molecule has 3 aromatic rings. The summed E-state index contributed by atoms with van der Waals surface area (Å²) >= 11 is 0. The predicted molar refractivity (Wildman–Crippen MR) is 136 cm³/mol. The van der Waals surface area contributed by atoms with Gasteiger partial charge in [-0.15, -0.1) is 0 Å². The van der Waals surface area contributed by atoms with Crippen molar-refractivity contribution >= 4 is 11.9 Å². The highest BCUT2D eigenvalue weighted by molar-refractivity contribution is 5.95. The molecule has 192 valence electrons. The molecule has 2 heterocycles. The summed E-state index contributed by atoms with van der Waals surface area (Å²) in [6.07, 6.45) is 0.111. The molecule has 2 saturated heterocycles. The van der Waals surface area contributed by atoms with Crippen molar-refractivity contribution in [3.05, 3.63) is 70.3 Å². The molecule has 2 fully saturated rings. The molecule has 2 unspecified atom stereocenters. The van der Waals surface area contributed by atoms with Gasteiger partial charge in [-0.05, 0) is 72.9 Å². The molecule has 5 rings (SSSR count). The van der Waals surface area contributed by atoms with E-state index in [9.17, 15) is 19.8 Å². The third-order valence-electron chi connectivity index (χ3n) is 6.75. The second-order valence-corrected chi connectivity index (χ2v) is 9.40. The zero-order chi connectivity index (χ0) is 26.3. The lowest BCUT2D eigenvalue weighted by atomic mass is 9.89. The second-order valence-electron chi connectivity index (χ2n) is 9.40. The number of ether oxygens (including phenoxy) is 4. The normalized spacial score (nSPS) is 17.8. The number of carboxylic acids is 2. The van der Waals surface area contributed by atoms with Gasteiger partial charge in [-0.1, -0.05) is 18.2 Å². The van der Waals surface area contributed by atoms with E-state index in [2.05, 4.69) is 0 Å². The topological polar surface area (TPSA) is 118 Å². The number of benzene rings is 3. The van der Waals surface area contributed by atoms with Crippen molar-refractivity contribution in [1.82, 2.24) is 0 Å². The number of aromatic carboxylic acids is 2. The van der Waals surface area contributed by atoms with Crippen LogP contribution in [0.15, 0.2) is 42.5 Å². The molecule has 0 aliphatic carbocycles. The van der Waals surface area contributed by atoms with E-state index in [1.54, 1.807) is 38.1 Å². The van der Waals surface area contributed by atoms with Gasteiger partial charge in [-0.25, -0.2) is 9.59 Å². The Balaban J connectivity index is 1.59. The Morgan fingerprint density at radius 2 is 1.27 bits per heavy atom. The lowest BCUT2D eigenvalue weighted by Gasteiger charge is -2.19. The Kier molecular flexibility index (Phi) is 6.62. The molecule has 0 radical (unpaired) electrons. The van der Waals surface area contributed by atoms with Crippen molar-refractivity contribution < 1.29 is 38.7 Å². The number of hydrogen-bond donors (Lipinski definition) is 2. The maximum Gasteiger partial charge on any atom is 0.335 e. The predicted octanol–water partition coefficient (Wildman–Crippen LogP) is 4.90. The van der Waals surface area contributed by atoms with Crippen molar-refractivity contribution in [1.29, 1.82) is 0 Å². The summed E-state index contributed by atoms with van der Waals surface area (Å²) in [7, 11) is 0. The fraction of sp³-hybridized carbons (Fsp3) is 0.310. The lowest BCUT2D eigenvalue weighted by Crippen LogP contribution is -2.09. The maximum atomic E-state index is 11.9. The van der Waals surface area contributed by atoms with Crippen LogP contribution in [0.2, 0.25) is 0 Å². The van der Waals surface area contributed by atoms with Gasteiger partial charge >= 0.3 is 11.9 Å². The summed E-state index contributed by atoms with van der Waals surface area (Å²) in [5, 5.41) is 19.4. The number of rotatable bonds is 10. The maximum absolute atomic E-state index is 11.9. The average Bonchev–Trinajstić information content (AvgIpc) is 3.77. The van der Waals surface area contributed by atoms with Crippen LogP contribution in [-0.2, 0) is 9.47 Å². The van der Waals surface area contributed by atoms with Crippen LogP contribution in [0.25, 0.3) is 22.3 Å². The Morgan fingerprint density at radius 3 is 1.73 bits per heavy atom. The molecule has 2 aliphatic heterocycles. The van der Waals surface area contributed by atoms with E-state index < -0.39 is 11.9 Å². The van der Waals surface area contributed by atoms with Gasteiger partial charge in [0.15, 0.2) is 0 Å². The molecule has 37 heavy (non-hydrogen) atoms. The van der Waals surface area contributed by atoms with Gasteiger partial charge in [0.25, 0.3) is 0 Å². The number of epoxide rings is 2. The molecule has 2 N–H and O–H groups in total. The third-order valence-corrected chi connectivity index (χ3v) is 6.75. The van der Waals surface area contributed by atoms with Gasteiger partial charge in [0.05, 0.1) is 24.3 Å². The number of aryl methyl sites for hydroxylation is 1. The van der Waals surface area contributed by atoms with Crippen LogP contribution < -0.4 is 9.47 Å².